The van der Waals surface area contributed by atoms with Crippen molar-refractivity contribution < 1.29 is 9.32 Å². The summed E-state index contributed by atoms with van der Waals surface area (Å²) < 4.78 is 4.54. The van der Waals surface area contributed by atoms with Gasteiger partial charge in [0, 0.05) is 18.0 Å². The van der Waals surface area contributed by atoms with Crippen molar-refractivity contribution in [1.82, 2.24) is 10.5 Å². The van der Waals surface area contributed by atoms with E-state index in [9.17, 15) is 4.79 Å². The van der Waals surface area contributed by atoms with Gasteiger partial charge in [0.2, 0.25) is 0 Å². The monoisotopic (exact) mass is 202 g/mol. The maximum absolute atomic E-state index is 11.3. The van der Waals surface area contributed by atoms with Crippen molar-refractivity contribution in [3.05, 3.63) is 18.0 Å². The van der Waals surface area contributed by atoms with Crippen molar-refractivity contribution in [1.29, 1.82) is 0 Å². The molecule has 0 aromatic carbocycles. The second-order valence-corrected chi connectivity index (χ2v) is 3.11. The van der Waals surface area contributed by atoms with Gasteiger partial charge in [-0.2, -0.15) is 0 Å². The molecule has 0 spiro atoms. The normalized spacial score (nSPS) is 12.5. The van der Waals surface area contributed by atoms with Gasteiger partial charge in [-0.05, 0) is 13.3 Å². The number of hydrogen-bond acceptors (Lipinski definition) is 3. The van der Waals surface area contributed by atoms with Crippen LogP contribution in [0.4, 0.5) is 0 Å². The fourth-order valence-corrected chi connectivity index (χ4v) is 1.19. The molecule has 1 aromatic heterocycles. The summed E-state index contributed by atoms with van der Waals surface area (Å²) in [6.07, 6.45) is 2.10. The van der Waals surface area contributed by atoms with Crippen LogP contribution in [0.1, 0.15) is 23.8 Å². The molecule has 0 aliphatic carbocycles. The molecule has 1 N–H and O–H groups in total. The Bertz CT molecular complexity index is 261. The van der Waals surface area contributed by atoms with E-state index in [-0.39, 0.29) is 11.9 Å². The fourth-order valence-electron chi connectivity index (χ4n) is 0.863. The van der Waals surface area contributed by atoms with Crippen LogP contribution in [0.3, 0.4) is 0 Å². The number of alkyl halides is 1. The summed E-state index contributed by atoms with van der Waals surface area (Å²) in [5, 5.41) is 6.25. The molecule has 1 aromatic rings. The molecule has 1 rings (SSSR count). The minimum atomic E-state index is -0.230. The highest BCUT2D eigenvalue weighted by Gasteiger charge is 2.11. The second kappa shape index (κ2) is 4.87. The number of halogens is 1. The molecule has 1 unspecified atom stereocenters. The Kier molecular flexibility index (Phi) is 3.76. The van der Waals surface area contributed by atoms with Crippen molar-refractivity contribution in [2.24, 2.45) is 0 Å². The zero-order valence-corrected chi connectivity index (χ0v) is 8.04. The van der Waals surface area contributed by atoms with Gasteiger partial charge in [-0.3, -0.25) is 4.79 Å². The Labute approximate surface area is 81.2 Å². The van der Waals surface area contributed by atoms with Gasteiger partial charge in [0.1, 0.15) is 6.26 Å². The lowest BCUT2D eigenvalue weighted by Crippen LogP contribution is -2.32. The van der Waals surface area contributed by atoms with Gasteiger partial charge < -0.3 is 9.84 Å². The minimum absolute atomic E-state index is 0.0571. The topological polar surface area (TPSA) is 55.1 Å². The second-order valence-electron chi connectivity index (χ2n) is 2.74. The molecule has 1 atom stereocenters. The molecule has 4 nitrogen and oxygen atoms in total. The van der Waals surface area contributed by atoms with E-state index >= 15 is 0 Å². The van der Waals surface area contributed by atoms with Crippen LogP contribution in [0.5, 0.6) is 0 Å². The molecule has 0 saturated heterocycles. The number of amides is 1. The maximum atomic E-state index is 11.3. The van der Waals surface area contributed by atoms with Gasteiger partial charge in [0.25, 0.3) is 5.91 Å². The molecule has 1 heterocycles. The lowest BCUT2D eigenvalue weighted by Gasteiger charge is -2.09. The first-order valence-electron chi connectivity index (χ1n) is 4.01. The summed E-state index contributed by atoms with van der Waals surface area (Å²) in [4.78, 5) is 11.3. The Morgan fingerprint density at radius 3 is 3.15 bits per heavy atom. The third-order valence-electron chi connectivity index (χ3n) is 1.59. The van der Waals surface area contributed by atoms with E-state index in [1.165, 1.54) is 12.3 Å². The molecule has 0 radical (unpaired) electrons. The Balaban J connectivity index is 2.42. The number of nitrogens with zero attached hydrogens (tertiary/aromatic N) is 1. The highest BCUT2D eigenvalue weighted by molar-refractivity contribution is 6.17. The number of carbonyl (C=O) groups excluding carboxylic acids is 1. The van der Waals surface area contributed by atoms with Gasteiger partial charge >= 0.3 is 0 Å². The number of nitrogens with one attached hydrogen (secondary N) is 1. The average molecular weight is 203 g/mol. The lowest BCUT2D eigenvalue weighted by atomic mass is 10.2. The number of aromatic nitrogens is 1. The van der Waals surface area contributed by atoms with Gasteiger partial charge in [0.05, 0.1) is 0 Å². The van der Waals surface area contributed by atoms with Crippen LogP contribution in [0.15, 0.2) is 16.9 Å². The average Bonchev–Trinajstić information content (AvgIpc) is 2.55. The first-order chi connectivity index (χ1) is 6.24. The first kappa shape index (κ1) is 10.1. The summed E-state index contributed by atoms with van der Waals surface area (Å²) in [6, 6.07) is 1.57. The van der Waals surface area contributed by atoms with Crippen molar-refractivity contribution in [2.75, 3.05) is 5.88 Å². The van der Waals surface area contributed by atoms with E-state index in [1.54, 1.807) is 0 Å². The smallest absolute Gasteiger partial charge is 0.273 e. The third kappa shape index (κ3) is 3.06. The molecule has 0 bridgehead atoms. The zero-order valence-electron chi connectivity index (χ0n) is 7.29. The number of carbonyl (C=O) groups is 1. The van der Waals surface area contributed by atoms with Crippen LogP contribution >= 0.6 is 11.6 Å². The molecule has 0 aliphatic heterocycles. The van der Waals surface area contributed by atoms with Crippen molar-refractivity contribution in [3.8, 4) is 0 Å². The fraction of sp³-hybridized carbons (Fsp3) is 0.500. The molecule has 0 aliphatic rings. The highest BCUT2D eigenvalue weighted by Crippen LogP contribution is 1.98. The Hall–Kier alpha value is -1.03. The van der Waals surface area contributed by atoms with Crippen LogP contribution < -0.4 is 5.32 Å². The van der Waals surface area contributed by atoms with Crippen LogP contribution in [0.25, 0.3) is 0 Å². The summed E-state index contributed by atoms with van der Waals surface area (Å²) in [6.45, 7) is 1.89. The summed E-state index contributed by atoms with van der Waals surface area (Å²) in [7, 11) is 0. The summed E-state index contributed by atoms with van der Waals surface area (Å²) >= 11 is 5.52. The molecule has 1 amide bonds. The minimum Gasteiger partial charge on any atom is -0.364 e. The van der Waals surface area contributed by atoms with Crippen molar-refractivity contribution in [2.45, 2.75) is 19.4 Å². The summed E-state index contributed by atoms with van der Waals surface area (Å²) in [5.74, 6) is 0.298. The van der Waals surface area contributed by atoms with E-state index in [1.807, 2.05) is 6.92 Å². The largest absolute Gasteiger partial charge is 0.364 e. The molecular formula is C8H11ClN2O2. The van der Waals surface area contributed by atoms with Gasteiger partial charge in [0.15, 0.2) is 5.69 Å². The molecule has 0 fully saturated rings. The number of hydrogen-bond donors (Lipinski definition) is 1. The SMILES string of the molecule is CC(CCCl)NC(=O)c1ccon1. The van der Waals surface area contributed by atoms with Gasteiger partial charge in [-0.15, -0.1) is 11.6 Å². The van der Waals surface area contributed by atoms with E-state index in [4.69, 9.17) is 11.6 Å². The first-order valence-corrected chi connectivity index (χ1v) is 4.54. The van der Waals surface area contributed by atoms with Crippen LogP contribution in [-0.4, -0.2) is 23.0 Å². The maximum Gasteiger partial charge on any atom is 0.273 e. The van der Waals surface area contributed by atoms with E-state index in [0.717, 1.165) is 6.42 Å². The van der Waals surface area contributed by atoms with E-state index in [2.05, 4.69) is 15.0 Å². The highest BCUT2D eigenvalue weighted by atomic mass is 35.5. The van der Waals surface area contributed by atoms with E-state index < -0.39 is 0 Å². The van der Waals surface area contributed by atoms with Gasteiger partial charge in [-0.25, -0.2) is 0 Å². The quantitative estimate of drug-likeness (QED) is 0.752. The van der Waals surface area contributed by atoms with Crippen molar-refractivity contribution in [3.63, 3.8) is 0 Å². The molecule has 13 heavy (non-hydrogen) atoms. The molecular weight excluding hydrogens is 192 g/mol. The van der Waals surface area contributed by atoms with Crippen molar-refractivity contribution >= 4 is 17.5 Å². The summed E-state index contributed by atoms with van der Waals surface area (Å²) in [5.41, 5.74) is 0.293. The molecule has 72 valence electrons. The van der Waals surface area contributed by atoms with Crippen LogP contribution in [-0.2, 0) is 0 Å². The van der Waals surface area contributed by atoms with Gasteiger partial charge in [-0.1, -0.05) is 5.16 Å². The zero-order chi connectivity index (χ0) is 9.68. The van der Waals surface area contributed by atoms with Crippen LogP contribution in [0.2, 0.25) is 0 Å². The predicted molar refractivity (Wildman–Crippen MR) is 48.8 cm³/mol. The Morgan fingerprint density at radius 2 is 2.62 bits per heavy atom. The molecule has 0 saturated carbocycles. The number of rotatable bonds is 4. The standard InChI is InChI=1S/C8H11ClN2O2/c1-6(2-4-9)10-8(12)7-3-5-13-11-7/h3,5-6H,2,4H2,1H3,(H,10,12). The van der Waals surface area contributed by atoms with Crippen LogP contribution in [0, 0.1) is 0 Å². The van der Waals surface area contributed by atoms with E-state index in [0.29, 0.717) is 11.6 Å². The predicted octanol–water partition coefficient (Wildman–Crippen LogP) is 1.42. The third-order valence-corrected chi connectivity index (χ3v) is 1.81. The Morgan fingerprint density at radius 1 is 1.85 bits per heavy atom. The molecule has 5 heteroatoms. The lowest BCUT2D eigenvalue weighted by molar-refractivity contribution is 0.0930.